The second kappa shape index (κ2) is 8.44. The Labute approximate surface area is 159 Å². The highest BCUT2D eigenvalue weighted by atomic mass is 28.4. The number of hydrogen-bond donors (Lipinski definition) is 1. The Morgan fingerprint density at radius 3 is 1.64 bits per heavy atom. The summed E-state index contributed by atoms with van der Waals surface area (Å²) in [5.41, 5.74) is 1.06. The average molecular weight is 371 g/mol. The van der Waals surface area contributed by atoms with Gasteiger partial charge in [-0.3, -0.25) is 0 Å². The van der Waals surface area contributed by atoms with Gasteiger partial charge in [0, 0.05) is 13.2 Å². The number of aliphatic hydroxyl groups is 1. The van der Waals surface area contributed by atoms with E-state index >= 15 is 0 Å². The molecule has 2 atom stereocenters. The van der Waals surface area contributed by atoms with Gasteiger partial charge in [0.05, 0.1) is 0 Å². The summed E-state index contributed by atoms with van der Waals surface area (Å²) in [6.07, 6.45) is 7.81. The Bertz CT molecular complexity index is 407. The van der Waals surface area contributed by atoms with Gasteiger partial charge in [0.2, 0.25) is 0 Å². The van der Waals surface area contributed by atoms with Crippen LogP contribution in [0.2, 0.25) is 18.1 Å². The fraction of sp³-hybridized carbons (Fsp3) is 1.00. The van der Waals surface area contributed by atoms with Crippen LogP contribution in [0.25, 0.3) is 0 Å². The highest BCUT2D eigenvalue weighted by molar-refractivity contribution is 6.74. The van der Waals surface area contributed by atoms with E-state index in [2.05, 4.69) is 61.6 Å². The lowest BCUT2D eigenvalue weighted by atomic mass is 9.91. The largest absolute Gasteiger partial charge is 0.417 e. The Kier molecular flexibility index (Phi) is 7.82. The zero-order valence-electron chi connectivity index (χ0n) is 18.7. The molecule has 2 nitrogen and oxygen atoms in total. The van der Waals surface area contributed by atoms with E-state index in [9.17, 15) is 0 Å². The molecule has 0 bridgehead atoms. The van der Waals surface area contributed by atoms with Gasteiger partial charge < -0.3 is 9.53 Å². The lowest BCUT2D eigenvalue weighted by Crippen LogP contribution is -2.41. The van der Waals surface area contributed by atoms with E-state index in [-0.39, 0.29) is 0 Å². The third-order valence-corrected chi connectivity index (χ3v) is 11.4. The predicted octanol–water partition coefficient (Wildman–Crippen LogP) is 6.64. The van der Waals surface area contributed by atoms with Crippen LogP contribution >= 0.6 is 0 Å². The molecular formula is C22H46O2Si. The average Bonchev–Trinajstić information content (AvgIpc) is 2.98. The first-order chi connectivity index (χ1) is 11.2. The zero-order chi connectivity index (χ0) is 19.5. The van der Waals surface area contributed by atoms with Crippen LogP contribution in [0.5, 0.6) is 0 Å². The number of rotatable bonds is 4. The summed E-state index contributed by atoms with van der Waals surface area (Å²) >= 11 is 0. The molecule has 2 fully saturated rings. The van der Waals surface area contributed by atoms with Gasteiger partial charge in [-0.2, -0.15) is 0 Å². The first-order valence-electron chi connectivity index (χ1n) is 10.4. The van der Waals surface area contributed by atoms with Crippen LogP contribution in [0.3, 0.4) is 0 Å². The van der Waals surface area contributed by atoms with Crippen molar-refractivity contribution in [2.75, 3.05) is 13.2 Å². The molecule has 2 saturated carbocycles. The maximum Gasteiger partial charge on any atom is 0.191 e. The van der Waals surface area contributed by atoms with Crippen molar-refractivity contribution in [1.82, 2.24) is 0 Å². The summed E-state index contributed by atoms with van der Waals surface area (Å²) in [5, 5.41) is 9.15. The van der Waals surface area contributed by atoms with Gasteiger partial charge >= 0.3 is 0 Å². The maximum atomic E-state index is 8.80. The van der Waals surface area contributed by atoms with Crippen molar-refractivity contribution < 1.29 is 9.53 Å². The predicted molar refractivity (Wildman–Crippen MR) is 112 cm³/mol. The molecule has 2 unspecified atom stereocenters. The first kappa shape index (κ1) is 23.2. The van der Waals surface area contributed by atoms with Crippen LogP contribution in [-0.2, 0) is 4.43 Å². The summed E-state index contributed by atoms with van der Waals surface area (Å²) in [6, 6.07) is 0. The summed E-state index contributed by atoms with van der Waals surface area (Å²) < 4.78 is 6.31. The van der Waals surface area contributed by atoms with Crippen LogP contribution in [0.4, 0.5) is 0 Å². The van der Waals surface area contributed by atoms with Gasteiger partial charge in [-0.05, 0) is 79.3 Å². The molecule has 0 amide bonds. The SMILES string of the molecule is CC1(C)CCC(CO)C1.CC1(C)CCC(CO[Si](C)(C)C(C)(C)C)C1. The van der Waals surface area contributed by atoms with E-state index in [0.29, 0.717) is 28.4 Å². The fourth-order valence-electron chi connectivity index (χ4n) is 4.00. The van der Waals surface area contributed by atoms with Gasteiger partial charge in [-0.15, -0.1) is 0 Å². The molecule has 3 heteroatoms. The molecular weight excluding hydrogens is 324 g/mol. The standard InChI is InChI=1S/C14H30OSi.C8H16O/c1-13(2,3)16(6,7)15-11-12-8-9-14(4,5)10-12;1-8(2)4-3-7(5-8)6-9/h12H,8-11H2,1-7H3;7,9H,3-6H2,1-2H3. The highest BCUT2D eigenvalue weighted by Crippen LogP contribution is 2.43. The summed E-state index contributed by atoms with van der Waals surface area (Å²) in [4.78, 5) is 0. The van der Waals surface area contributed by atoms with Crippen molar-refractivity contribution in [3.05, 3.63) is 0 Å². The Balaban J connectivity index is 0.000000293. The second-order valence-corrected chi connectivity index (χ2v) is 16.6. The maximum absolute atomic E-state index is 8.80. The van der Waals surface area contributed by atoms with E-state index in [0.717, 1.165) is 12.5 Å². The van der Waals surface area contributed by atoms with Crippen LogP contribution in [-0.4, -0.2) is 26.6 Å². The molecule has 0 radical (unpaired) electrons. The van der Waals surface area contributed by atoms with Crippen LogP contribution < -0.4 is 0 Å². The van der Waals surface area contributed by atoms with E-state index in [1.54, 1.807) is 0 Å². The Morgan fingerprint density at radius 2 is 1.36 bits per heavy atom. The minimum atomic E-state index is -1.52. The van der Waals surface area contributed by atoms with Crippen LogP contribution in [0.1, 0.15) is 87.0 Å². The van der Waals surface area contributed by atoms with Gasteiger partial charge in [0.1, 0.15) is 0 Å². The van der Waals surface area contributed by atoms with Crippen molar-refractivity contribution >= 4 is 8.32 Å². The lowest BCUT2D eigenvalue weighted by Gasteiger charge is -2.37. The molecule has 25 heavy (non-hydrogen) atoms. The first-order valence-corrected chi connectivity index (χ1v) is 13.3. The van der Waals surface area contributed by atoms with E-state index in [1.807, 2.05) is 0 Å². The number of aliphatic hydroxyl groups excluding tert-OH is 1. The van der Waals surface area contributed by atoms with Crippen molar-refractivity contribution in [2.24, 2.45) is 22.7 Å². The molecule has 2 aliphatic rings. The van der Waals surface area contributed by atoms with E-state index in [4.69, 9.17) is 9.53 Å². The van der Waals surface area contributed by atoms with Crippen molar-refractivity contribution in [2.45, 2.75) is 105 Å². The quantitative estimate of drug-likeness (QED) is 0.562. The van der Waals surface area contributed by atoms with E-state index in [1.165, 1.54) is 38.5 Å². The Morgan fingerprint density at radius 1 is 0.920 bits per heavy atom. The molecule has 0 aliphatic heterocycles. The highest BCUT2D eigenvalue weighted by Gasteiger charge is 2.39. The summed E-state index contributed by atoms with van der Waals surface area (Å²) in [6.45, 7) is 22.4. The molecule has 0 spiro atoms. The molecule has 2 rings (SSSR count). The minimum absolute atomic E-state index is 0.348. The van der Waals surface area contributed by atoms with Crippen LogP contribution in [0.15, 0.2) is 0 Å². The van der Waals surface area contributed by atoms with Gasteiger partial charge in [-0.25, -0.2) is 0 Å². The van der Waals surface area contributed by atoms with Gasteiger partial charge in [0.25, 0.3) is 0 Å². The molecule has 0 aromatic carbocycles. The van der Waals surface area contributed by atoms with Gasteiger partial charge in [-0.1, -0.05) is 48.5 Å². The van der Waals surface area contributed by atoms with Gasteiger partial charge in [0.15, 0.2) is 8.32 Å². The lowest BCUT2D eigenvalue weighted by molar-refractivity contribution is 0.218. The summed E-state index contributed by atoms with van der Waals surface area (Å²) in [5.74, 6) is 1.41. The smallest absolute Gasteiger partial charge is 0.191 e. The monoisotopic (exact) mass is 370 g/mol. The molecule has 0 saturated heterocycles. The summed E-state index contributed by atoms with van der Waals surface area (Å²) in [7, 11) is -1.52. The molecule has 1 N–H and O–H groups in total. The van der Waals surface area contributed by atoms with Crippen molar-refractivity contribution in [1.29, 1.82) is 0 Å². The number of hydrogen-bond acceptors (Lipinski definition) is 2. The van der Waals surface area contributed by atoms with Crippen LogP contribution in [0, 0.1) is 22.7 Å². The molecule has 150 valence electrons. The molecule has 0 heterocycles. The molecule has 0 aromatic heterocycles. The molecule has 0 aromatic rings. The normalized spacial score (nSPS) is 28.6. The zero-order valence-corrected chi connectivity index (χ0v) is 19.7. The Hall–Kier alpha value is 0.137. The van der Waals surface area contributed by atoms with E-state index < -0.39 is 8.32 Å². The third-order valence-electron chi connectivity index (χ3n) is 6.89. The van der Waals surface area contributed by atoms with Crippen molar-refractivity contribution in [3.8, 4) is 0 Å². The topological polar surface area (TPSA) is 29.5 Å². The minimum Gasteiger partial charge on any atom is -0.417 e. The van der Waals surface area contributed by atoms with Crippen molar-refractivity contribution in [3.63, 3.8) is 0 Å². The third kappa shape index (κ3) is 7.72. The fourth-order valence-corrected chi connectivity index (χ4v) is 5.09. The molecule has 2 aliphatic carbocycles. The second-order valence-electron chi connectivity index (χ2n) is 11.8.